The number of amides is 3. The lowest BCUT2D eigenvalue weighted by atomic mass is 9.98. The number of likely N-dealkylation sites (N-methyl/N-ethyl adjacent to an activating group) is 1. The molecule has 7 heteroatoms. The van der Waals surface area contributed by atoms with Gasteiger partial charge in [0.25, 0.3) is 0 Å². The highest BCUT2D eigenvalue weighted by Gasteiger charge is 2.25. The first-order chi connectivity index (χ1) is 25.3. The summed E-state index contributed by atoms with van der Waals surface area (Å²) in [6.07, 6.45) is 6.15. The first-order valence-electron chi connectivity index (χ1n) is 18.3. The zero-order chi connectivity index (χ0) is 36.7. The molecule has 1 atom stereocenters. The van der Waals surface area contributed by atoms with Crippen LogP contribution in [0.3, 0.4) is 0 Å². The van der Waals surface area contributed by atoms with Crippen LogP contribution >= 0.6 is 0 Å². The first kappa shape index (κ1) is 37.6. The van der Waals surface area contributed by atoms with Crippen LogP contribution in [0.4, 0.5) is 16.2 Å². The maximum Gasteiger partial charge on any atom is 0.321 e. The molecule has 52 heavy (non-hydrogen) atoms. The molecule has 0 aliphatic heterocycles. The van der Waals surface area contributed by atoms with Gasteiger partial charge in [0.1, 0.15) is 6.04 Å². The van der Waals surface area contributed by atoms with Gasteiger partial charge in [-0.3, -0.25) is 14.5 Å². The van der Waals surface area contributed by atoms with E-state index in [4.69, 9.17) is 0 Å². The Morgan fingerprint density at radius 3 is 2.06 bits per heavy atom. The van der Waals surface area contributed by atoms with Gasteiger partial charge < -0.3 is 15.5 Å². The van der Waals surface area contributed by atoms with E-state index in [1.807, 2.05) is 122 Å². The van der Waals surface area contributed by atoms with Gasteiger partial charge in [-0.25, -0.2) is 4.79 Å². The third kappa shape index (κ3) is 10.4. The van der Waals surface area contributed by atoms with E-state index in [1.165, 1.54) is 19.3 Å². The smallest absolute Gasteiger partial charge is 0.321 e. The summed E-state index contributed by atoms with van der Waals surface area (Å²) in [4.78, 5) is 43.9. The van der Waals surface area contributed by atoms with Gasteiger partial charge in [0.05, 0.1) is 0 Å². The number of para-hydroxylation sites is 1. The molecule has 0 bridgehead atoms. The number of hydrogen-bond donors (Lipinski definition) is 2. The topological polar surface area (TPSA) is 81.8 Å². The fourth-order valence-corrected chi connectivity index (χ4v) is 6.26. The Morgan fingerprint density at radius 1 is 0.654 bits per heavy atom. The average molecular weight is 695 g/mol. The summed E-state index contributed by atoms with van der Waals surface area (Å²) >= 11 is 0. The standard InChI is InChI=1S/C45H50N4O3/c1-4-5-6-7-16-30-46-45(52)49(3)39-23-17-22-38(32-39)36-28-26-34(27-29-36)31-42(44(51)48(2)33-35-18-10-8-11-19-35)47-41-25-15-14-24-40(41)43(50)37-20-12-9-13-21-37/h8-15,17-29,32,42,47H,4-7,16,30-31,33H2,1-3H3,(H,46,52). The van der Waals surface area contributed by atoms with Crippen LogP contribution in [0.2, 0.25) is 0 Å². The van der Waals surface area contributed by atoms with Crippen LogP contribution < -0.4 is 15.5 Å². The minimum absolute atomic E-state index is 0.0788. The van der Waals surface area contributed by atoms with Crippen molar-refractivity contribution in [1.82, 2.24) is 10.2 Å². The van der Waals surface area contributed by atoms with Crippen molar-refractivity contribution in [3.8, 4) is 11.1 Å². The van der Waals surface area contributed by atoms with E-state index >= 15 is 0 Å². The molecular weight excluding hydrogens is 645 g/mol. The van der Waals surface area contributed by atoms with E-state index in [1.54, 1.807) is 35.0 Å². The Hall–Kier alpha value is -5.69. The van der Waals surface area contributed by atoms with Crippen LogP contribution in [0.5, 0.6) is 0 Å². The van der Waals surface area contributed by atoms with E-state index < -0.39 is 6.04 Å². The highest BCUT2D eigenvalue weighted by atomic mass is 16.2. The summed E-state index contributed by atoms with van der Waals surface area (Å²) in [5, 5.41) is 6.50. The number of ketones is 1. The normalized spacial score (nSPS) is 11.4. The molecule has 5 rings (SSSR count). The van der Waals surface area contributed by atoms with E-state index in [-0.39, 0.29) is 17.7 Å². The SMILES string of the molecule is CCCCCCCNC(=O)N(C)c1cccc(-c2ccc(CC(Nc3ccccc3C(=O)c3ccccc3)C(=O)N(C)Cc3ccccc3)cc2)c1. The van der Waals surface area contributed by atoms with Crippen LogP contribution in [0.25, 0.3) is 11.1 Å². The molecule has 0 fully saturated rings. The Kier molecular flexibility index (Phi) is 13.8. The Labute approximate surface area is 308 Å². The van der Waals surface area contributed by atoms with Crippen LogP contribution in [0.15, 0.2) is 133 Å². The van der Waals surface area contributed by atoms with Crippen LogP contribution in [0.1, 0.15) is 66.1 Å². The molecule has 5 aromatic rings. The number of carbonyl (C=O) groups excluding carboxylic acids is 3. The van der Waals surface area contributed by atoms with Crippen molar-refractivity contribution in [2.45, 2.75) is 58.0 Å². The summed E-state index contributed by atoms with van der Waals surface area (Å²) in [5.74, 6) is -0.186. The average Bonchev–Trinajstić information content (AvgIpc) is 3.19. The van der Waals surface area contributed by atoms with Crippen LogP contribution in [0, 0.1) is 0 Å². The number of urea groups is 1. The third-order valence-electron chi connectivity index (χ3n) is 9.30. The monoisotopic (exact) mass is 694 g/mol. The first-order valence-corrected chi connectivity index (χ1v) is 18.3. The Bertz CT molecular complexity index is 1890. The van der Waals surface area contributed by atoms with E-state index in [0.29, 0.717) is 36.3 Å². The molecule has 0 saturated heterocycles. The summed E-state index contributed by atoms with van der Waals surface area (Å²) in [5.41, 5.74) is 6.53. The molecule has 0 spiro atoms. The van der Waals surface area contributed by atoms with Crippen molar-refractivity contribution < 1.29 is 14.4 Å². The van der Waals surface area contributed by atoms with Crippen molar-refractivity contribution in [3.05, 3.63) is 156 Å². The van der Waals surface area contributed by atoms with Crippen molar-refractivity contribution >= 4 is 29.1 Å². The van der Waals surface area contributed by atoms with Gasteiger partial charge in [-0.05, 0) is 52.9 Å². The molecule has 268 valence electrons. The molecule has 5 aromatic carbocycles. The van der Waals surface area contributed by atoms with Crippen molar-refractivity contribution in [2.75, 3.05) is 30.9 Å². The number of hydrogen-bond acceptors (Lipinski definition) is 4. The van der Waals surface area contributed by atoms with Gasteiger partial charge in [0.15, 0.2) is 5.78 Å². The number of carbonyl (C=O) groups is 3. The van der Waals surface area contributed by atoms with Crippen molar-refractivity contribution in [1.29, 1.82) is 0 Å². The third-order valence-corrected chi connectivity index (χ3v) is 9.30. The molecule has 0 aliphatic rings. The van der Waals surface area contributed by atoms with Crippen molar-refractivity contribution in [3.63, 3.8) is 0 Å². The molecule has 0 heterocycles. The second-order valence-corrected chi connectivity index (χ2v) is 13.3. The molecule has 1 unspecified atom stereocenters. The zero-order valence-corrected chi connectivity index (χ0v) is 30.6. The molecule has 0 aromatic heterocycles. The van der Waals surface area contributed by atoms with Gasteiger partial charge in [-0.15, -0.1) is 0 Å². The number of benzene rings is 5. The molecule has 3 amide bonds. The number of rotatable bonds is 17. The molecule has 0 aliphatic carbocycles. The van der Waals surface area contributed by atoms with Crippen LogP contribution in [-0.2, 0) is 17.8 Å². The summed E-state index contributed by atoms with van der Waals surface area (Å²) in [6.45, 7) is 3.33. The quantitative estimate of drug-likeness (QED) is 0.0751. The lowest BCUT2D eigenvalue weighted by Crippen LogP contribution is -2.42. The van der Waals surface area contributed by atoms with Crippen molar-refractivity contribution in [2.24, 2.45) is 0 Å². The maximum absolute atomic E-state index is 14.1. The molecule has 0 radical (unpaired) electrons. The number of nitrogens with one attached hydrogen (secondary N) is 2. The summed E-state index contributed by atoms with van der Waals surface area (Å²) in [7, 11) is 3.60. The minimum Gasteiger partial charge on any atom is -0.373 e. The van der Waals surface area contributed by atoms with Crippen LogP contribution in [-0.4, -0.2) is 49.3 Å². The van der Waals surface area contributed by atoms with Gasteiger partial charge in [-0.1, -0.05) is 142 Å². The van der Waals surface area contributed by atoms with E-state index in [2.05, 4.69) is 17.6 Å². The van der Waals surface area contributed by atoms with Gasteiger partial charge in [0, 0.05) is 56.1 Å². The predicted molar refractivity (Wildman–Crippen MR) is 213 cm³/mol. The zero-order valence-electron chi connectivity index (χ0n) is 30.6. The highest BCUT2D eigenvalue weighted by Crippen LogP contribution is 2.26. The number of nitrogens with zero attached hydrogens (tertiary/aromatic N) is 2. The van der Waals surface area contributed by atoms with Gasteiger partial charge in [0.2, 0.25) is 5.91 Å². The fraction of sp³-hybridized carbons (Fsp3) is 0.267. The highest BCUT2D eigenvalue weighted by molar-refractivity contribution is 6.12. The molecule has 7 nitrogen and oxygen atoms in total. The molecule has 0 saturated carbocycles. The second-order valence-electron chi connectivity index (χ2n) is 13.3. The largest absolute Gasteiger partial charge is 0.373 e. The summed E-state index contributed by atoms with van der Waals surface area (Å²) < 4.78 is 0. The lowest BCUT2D eigenvalue weighted by molar-refractivity contribution is -0.131. The van der Waals surface area contributed by atoms with Gasteiger partial charge >= 0.3 is 6.03 Å². The maximum atomic E-state index is 14.1. The fourth-order valence-electron chi connectivity index (χ4n) is 6.26. The Balaban J connectivity index is 1.32. The number of unbranched alkanes of at least 4 members (excludes halogenated alkanes) is 4. The Morgan fingerprint density at radius 2 is 1.33 bits per heavy atom. The molecule has 2 N–H and O–H groups in total. The van der Waals surface area contributed by atoms with Gasteiger partial charge in [-0.2, -0.15) is 0 Å². The predicted octanol–water partition coefficient (Wildman–Crippen LogP) is 9.38. The van der Waals surface area contributed by atoms with E-state index in [0.717, 1.165) is 40.8 Å². The summed E-state index contributed by atoms with van der Waals surface area (Å²) in [6, 6.07) is 41.8. The second kappa shape index (κ2) is 19.1. The number of anilines is 2. The molecular formula is C45H50N4O3. The minimum atomic E-state index is -0.633. The van der Waals surface area contributed by atoms with E-state index in [9.17, 15) is 14.4 Å². The lowest BCUT2D eigenvalue weighted by Gasteiger charge is -2.26.